The summed E-state index contributed by atoms with van der Waals surface area (Å²) in [6.07, 6.45) is -1.89. The number of aliphatic hydroxyl groups excluding tert-OH is 1. The van der Waals surface area contributed by atoms with E-state index in [1.165, 1.54) is 21.1 Å². The van der Waals surface area contributed by atoms with Gasteiger partial charge in [0.1, 0.15) is 66.2 Å². The largest absolute Gasteiger partial charge is 0.496 e. The lowest BCUT2D eigenvalue weighted by Crippen LogP contribution is -2.33. The Kier molecular flexibility index (Phi) is 11.8. The van der Waals surface area contributed by atoms with Crippen LogP contribution in [0.5, 0.6) is 23.0 Å². The fraction of sp³-hybridized carbons (Fsp3) is 0.214. The SMILES string of the molecule is C=C(C)C(=O)OCC(O)COC(COc1ccc2cc(-c3ccccc3OC)c(=O)oc2c1)COc1ccc2cc(-c3ccccc3OC)c(=O)oc2c1. The van der Waals surface area contributed by atoms with Crippen LogP contribution in [-0.2, 0) is 14.3 Å². The molecule has 4 aromatic carbocycles. The van der Waals surface area contributed by atoms with Gasteiger partial charge >= 0.3 is 17.2 Å². The summed E-state index contributed by atoms with van der Waals surface area (Å²) in [7, 11) is 3.07. The molecule has 0 aliphatic heterocycles. The number of fused-ring (bicyclic) bond motifs is 2. The minimum atomic E-state index is -1.14. The van der Waals surface area contributed by atoms with Gasteiger partial charge in [0.05, 0.1) is 32.0 Å². The van der Waals surface area contributed by atoms with E-state index in [2.05, 4.69) is 6.58 Å². The van der Waals surface area contributed by atoms with Gasteiger partial charge in [-0.05, 0) is 55.5 Å². The molecule has 1 N–H and O–H groups in total. The van der Waals surface area contributed by atoms with Gasteiger partial charge in [0.25, 0.3) is 0 Å². The molecule has 0 amide bonds. The molecule has 0 aliphatic rings. The molecule has 0 bridgehead atoms. The van der Waals surface area contributed by atoms with Gasteiger partial charge in [-0.2, -0.15) is 0 Å². The van der Waals surface area contributed by atoms with Crippen molar-refractivity contribution >= 4 is 27.9 Å². The zero-order valence-electron chi connectivity index (χ0n) is 29.9. The van der Waals surface area contributed by atoms with Crippen LogP contribution < -0.4 is 30.2 Å². The number of rotatable bonds is 16. The molecule has 6 aromatic rings. The van der Waals surface area contributed by atoms with Crippen molar-refractivity contribution in [2.75, 3.05) is 40.6 Å². The Hall–Kier alpha value is -6.37. The van der Waals surface area contributed by atoms with Gasteiger partial charge < -0.3 is 42.4 Å². The Bertz CT molecular complexity index is 2260. The molecule has 278 valence electrons. The van der Waals surface area contributed by atoms with E-state index in [0.29, 0.717) is 67.2 Å². The molecular formula is C42H38O12. The summed E-state index contributed by atoms with van der Waals surface area (Å²) in [6.45, 7) is 4.43. The lowest BCUT2D eigenvalue weighted by atomic mass is 10.0. The van der Waals surface area contributed by atoms with E-state index in [4.69, 9.17) is 37.3 Å². The number of methoxy groups -OCH3 is 2. The third-order valence-corrected chi connectivity index (χ3v) is 8.36. The van der Waals surface area contributed by atoms with Gasteiger partial charge in [0.2, 0.25) is 0 Å². The molecule has 0 aliphatic carbocycles. The van der Waals surface area contributed by atoms with Crippen LogP contribution in [0.1, 0.15) is 6.92 Å². The van der Waals surface area contributed by atoms with E-state index in [1.54, 1.807) is 72.8 Å². The highest BCUT2D eigenvalue weighted by Gasteiger charge is 2.19. The van der Waals surface area contributed by atoms with Crippen LogP contribution in [0.4, 0.5) is 0 Å². The zero-order chi connectivity index (χ0) is 38.2. The predicted octanol–water partition coefficient (Wildman–Crippen LogP) is 6.57. The second-order valence-corrected chi connectivity index (χ2v) is 12.3. The van der Waals surface area contributed by atoms with Crippen LogP contribution in [-0.4, -0.2) is 63.9 Å². The second kappa shape index (κ2) is 17.0. The number of para-hydroxylation sites is 2. The minimum absolute atomic E-state index is 0.0434. The predicted molar refractivity (Wildman–Crippen MR) is 201 cm³/mol. The molecule has 0 saturated carbocycles. The standard InChI is InChI=1S/C42H38O12/c1-25(2)40(44)52-22-28(43)21-49-31(23-50-29-15-13-26-17-34(41(45)53-38(26)19-29)32-9-5-7-11-36(32)47-3)24-51-30-16-14-27-18-35(42(46)54-39(27)20-30)33-10-6-8-12-37(33)48-4/h5-20,28,31,43H,1,21-24H2,2-4H3. The van der Waals surface area contributed by atoms with Crippen LogP contribution >= 0.6 is 0 Å². The van der Waals surface area contributed by atoms with Crippen molar-refractivity contribution in [1.82, 2.24) is 0 Å². The van der Waals surface area contributed by atoms with Crippen LogP contribution in [0.25, 0.3) is 44.2 Å². The average Bonchev–Trinajstić information content (AvgIpc) is 3.18. The minimum Gasteiger partial charge on any atom is -0.496 e. The normalized spacial score (nSPS) is 11.7. The van der Waals surface area contributed by atoms with Gasteiger partial charge in [-0.15, -0.1) is 0 Å². The smallest absolute Gasteiger partial charge is 0.344 e. The van der Waals surface area contributed by atoms with Crippen molar-refractivity contribution in [3.05, 3.63) is 130 Å². The fourth-order valence-corrected chi connectivity index (χ4v) is 5.59. The molecule has 54 heavy (non-hydrogen) atoms. The number of hydrogen-bond acceptors (Lipinski definition) is 12. The van der Waals surface area contributed by atoms with Gasteiger partial charge in [-0.1, -0.05) is 43.0 Å². The molecule has 2 heterocycles. The molecule has 1 atom stereocenters. The summed E-state index contributed by atoms with van der Waals surface area (Å²) in [5.41, 5.74) is 1.68. The molecular weight excluding hydrogens is 696 g/mol. The van der Waals surface area contributed by atoms with E-state index in [0.717, 1.165) is 0 Å². The first-order valence-corrected chi connectivity index (χ1v) is 16.9. The lowest BCUT2D eigenvalue weighted by molar-refractivity contribution is -0.144. The Morgan fingerprint density at radius 2 is 1.15 bits per heavy atom. The van der Waals surface area contributed by atoms with Gasteiger partial charge in [-0.25, -0.2) is 14.4 Å². The van der Waals surface area contributed by atoms with E-state index in [-0.39, 0.29) is 32.0 Å². The molecule has 12 nitrogen and oxygen atoms in total. The second-order valence-electron chi connectivity index (χ2n) is 12.3. The van der Waals surface area contributed by atoms with Crippen molar-refractivity contribution in [1.29, 1.82) is 0 Å². The lowest BCUT2D eigenvalue weighted by Gasteiger charge is -2.21. The Morgan fingerprint density at radius 1 is 0.667 bits per heavy atom. The maximum absolute atomic E-state index is 13.0. The van der Waals surface area contributed by atoms with Crippen LogP contribution in [0.2, 0.25) is 0 Å². The molecule has 0 saturated heterocycles. The van der Waals surface area contributed by atoms with Crippen LogP contribution in [0, 0.1) is 0 Å². The van der Waals surface area contributed by atoms with E-state index < -0.39 is 29.4 Å². The van der Waals surface area contributed by atoms with E-state index in [9.17, 15) is 19.5 Å². The molecule has 0 fully saturated rings. The summed E-state index contributed by atoms with van der Waals surface area (Å²) >= 11 is 0. The van der Waals surface area contributed by atoms with E-state index in [1.807, 2.05) is 24.3 Å². The summed E-state index contributed by atoms with van der Waals surface area (Å²) in [5.74, 6) is 1.23. The first kappa shape index (κ1) is 37.4. The number of benzene rings is 4. The Morgan fingerprint density at radius 3 is 1.61 bits per heavy atom. The van der Waals surface area contributed by atoms with Gasteiger partial charge in [-0.3, -0.25) is 0 Å². The Balaban J connectivity index is 1.18. The maximum atomic E-state index is 13.0. The fourth-order valence-electron chi connectivity index (χ4n) is 5.59. The number of carbonyl (C=O) groups is 1. The first-order valence-electron chi connectivity index (χ1n) is 16.9. The first-order chi connectivity index (χ1) is 26.1. The average molecular weight is 735 g/mol. The number of ether oxygens (including phenoxy) is 6. The number of esters is 1. The zero-order valence-corrected chi connectivity index (χ0v) is 29.9. The highest BCUT2D eigenvalue weighted by molar-refractivity contribution is 5.87. The topological polar surface area (TPSA) is 153 Å². The molecule has 0 radical (unpaired) electrons. The quantitative estimate of drug-likeness (QED) is 0.0650. The maximum Gasteiger partial charge on any atom is 0.344 e. The molecule has 6 rings (SSSR count). The third kappa shape index (κ3) is 8.80. The van der Waals surface area contributed by atoms with Crippen LogP contribution in [0.3, 0.4) is 0 Å². The number of hydrogen-bond donors (Lipinski definition) is 1. The number of carbonyl (C=O) groups excluding carboxylic acids is 1. The highest BCUT2D eigenvalue weighted by Crippen LogP contribution is 2.32. The summed E-state index contributed by atoms with van der Waals surface area (Å²) in [6, 6.07) is 28.0. The molecule has 12 heteroatoms. The summed E-state index contributed by atoms with van der Waals surface area (Å²) < 4.78 is 45.2. The third-order valence-electron chi connectivity index (χ3n) is 8.36. The van der Waals surface area contributed by atoms with Gasteiger partial charge in [0, 0.05) is 39.6 Å². The Labute approximate surface area is 309 Å². The number of aliphatic hydroxyl groups is 1. The highest BCUT2D eigenvalue weighted by atomic mass is 16.6. The van der Waals surface area contributed by atoms with Crippen molar-refractivity contribution in [2.45, 2.75) is 19.1 Å². The monoisotopic (exact) mass is 734 g/mol. The molecule has 1 unspecified atom stereocenters. The van der Waals surface area contributed by atoms with E-state index >= 15 is 0 Å². The van der Waals surface area contributed by atoms with Crippen LogP contribution in [0.15, 0.2) is 128 Å². The van der Waals surface area contributed by atoms with Gasteiger partial charge in [0.15, 0.2) is 0 Å². The van der Waals surface area contributed by atoms with Crippen molar-refractivity contribution in [2.24, 2.45) is 0 Å². The van der Waals surface area contributed by atoms with Crippen molar-refractivity contribution < 1.29 is 47.2 Å². The molecule has 2 aromatic heterocycles. The van der Waals surface area contributed by atoms with Crippen molar-refractivity contribution in [3.63, 3.8) is 0 Å². The summed E-state index contributed by atoms with van der Waals surface area (Å²) in [5, 5.41) is 11.8. The molecule has 0 spiro atoms. The van der Waals surface area contributed by atoms with Crippen molar-refractivity contribution in [3.8, 4) is 45.3 Å². The summed E-state index contributed by atoms with van der Waals surface area (Å²) in [4.78, 5) is 37.8.